The summed E-state index contributed by atoms with van der Waals surface area (Å²) in [5.74, 6) is 0.344. The van der Waals surface area contributed by atoms with Crippen LogP contribution in [-0.4, -0.2) is 71.5 Å². The van der Waals surface area contributed by atoms with Crippen LogP contribution in [0.15, 0.2) is 21.0 Å². The predicted molar refractivity (Wildman–Crippen MR) is 137 cm³/mol. The number of anilines is 1. The SMILES string of the molecule is CCC1CC(N(C)c2c(C=O)oc3cc(Cl)c(Br)cc23)CCO1.CCOC=O.CNC.CO. The van der Waals surface area contributed by atoms with E-state index < -0.39 is 0 Å². The van der Waals surface area contributed by atoms with Gasteiger partial charge in [-0.15, -0.1) is 0 Å². The first-order valence-electron chi connectivity index (χ1n) is 10.7. The molecule has 1 aromatic heterocycles. The standard InChI is InChI=1S/C17H19BrClNO3.C3H6O2.C2H7N.CH4O/c1-3-11-6-10(4-5-22-11)20(2)17-12-7-13(18)14(19)8-15(12)23-16(17)9-21;1-2-5-3-4;1-3-2;1-2/h7-11H,3-6H2,1-2H3;3H,2H2,1H3;3H,1-2H3;2H,1H3. The number of benzene rings is 1. The summed E-state index contributed by atoms with van der Waals surface area (Å²) in [6.07, 6.45) is 3.93. The van der Waals surface area contributed by atoms with E-state index in [1.54, 1.807) is 13.0 Å². The fraction of sp³-hybridized carbons (Fsp3) is 0.565. The number of hydrogen-bond donors (Lipinski definition) is 2. The zero-order chi connectivity index (χ0) is 25.4. The minimum atomic E-state index is 0.273. The molecule has 188 valence electrons. The minimum absolute atomic E-state index is 0.273. The van der Waals surface area contributed by atoms with Crippen molar-refractivity contribution in [3.63, 3.8) is 0 Å². The topological polar surface area (TPSA) is 101 Å². The number of aliphatic hydroxyl groups excluding tert-OH is 1. The molecule has 1 aromatic carbocycles. The number of furan rings is 1. The van der Waals surface area contributed by atoms with Crippen molar-refractivity contribution in [2.45, 2.75) is 45.3 Å². The molecule has 1 aliphatic heterocycles. The van der Waals surface area contributed by atoms with Gasteiger partial charge in [-0.1, -0.05) is 18.5 Å². The molecule has 3 rings (SSSR count). The van der Waals surface area contributed by atoms with Gasteiger partial charge in [0.05, 0.1) is 23.4 Å². The molecule has 1 aliphatic rings. The molecule has 0 amide bonds. The summed E-state index contributed by atoms with van der Waals surface area (Å²) >= 11 is 9.58. The number of halogens is 2. The minimum Gasteiger partial charge on any atom is -0.468 e. The Kier molecular flexibility index (Phi) is 16.9. The van der Waals surface area contributed by atoms with Crippen molar-refractivity contribution in [3.05, 3.63) is 27.4 Å². The summed E-state index contributed by atoms with van der Waals surface area (Å²) in [7, 11) is 6.77. The summed E-state index contributed by atoms with van der Waals surface area (Å²) in [6.45, 7) is 5.55. The van der Waals surface area contributed by atoms with Gasteiger partial charge in [0.2, 0.25) is 0 Å². The Labute approximate surface area is 209 Å². The highest BCUT2D eigenvalue weighted by Crippen LogP contribution is 2.39. The zero-order valence-electron chi connectivity index (χ0n) is 20.2. The summed E-state index contributed by atoms with van der Waals surface area (Å²) in [5, 5.41) is 11.2. The molecule has 0 spiro atoms. The maximum Gasteiger partial charge on any atom is 0.293 e. The third-order valence-corrected chi connectivity index (χ3v) is 5.97. The molecular weight excluding hydrogens is 516 g/mol. The molecular formula is C23H36BrClN2O6. The van der Waals surface area contributed by atoms with E-state index in [4.69, 9.17) is 25.9 Å². The van der Waals surface area contributed by atoms with Crippen LogP contribution in [0.1, 0.15) is 43.7 Å². The predicted octanol–water partition coefficient (Wildman–Crippen LogP) is 4.68. The fourth-order valence-corrected chi connectivity index (χ4v) is 3.79. The van der Waals surface area contributed by atoms with E-state index in [0.717, 1.165) is 54.8 Å². The van der Waals surface area contributed by atoms with Crippen molar-refractivity contribution in [2.24, 2.45) is 0 Å². The van der Waals surface area contributed by atoms with Gasteiger partial charge in [0.25, 0.3) is 6.47 Å². The number of nitrogens with one attached hydrogen (secondary N) is 1. The first-order chi connectivity index (χ1) is 15.9. The van der Waals surface area contributed by atoms with Gasteiger partial charge < -0.3 is 29.2 Å². The highest BCUT2D eigenvalue weighted by Gasteiger charge is 2.28. The maximum absolute atomic E-state index is 11.5. The second kappa shape index (κ2) is 17.8. The first kappa shape index (κ1) is 31.4. The summed E-state index contributed by atoms with van der Waals surface area (Å²) < 4.78 is 16.4. The average molecular weight is 552 g/mol. The maximum atomic E-state index is 11.5. The van der Waals surface area contributed by atoms with Crippen molar-refractivity contribution >= 4 is 56.9 Å². The van der Waals surface area contributed by atoms with Gasteiger partial charge in [-0.2, -0.15) is 0 Å². The number of carbonyl (C=O) groups excluding carboxylic acids is 2. The van der Waals surface area contributed by atoms with E-state index in [2.05, 4.69) is 37.8 Å². The number of ether oxygens (including phenoxy) is 2. The summed E-state index contributed by atoms with van der Waals surface area (Å²) in [5.41, 5.74) is 1.45. The van der Waals surface area contributed by atoms with Gasteiger partial charge in [0.15, 0.2) is 12.0 Å². The molecule has 0 saturated carbocycles. The second-order valence-corrected chi connectivity index (χ2v) is 8.20. The number of hydrogen-bond acceptors (Lipinski definition) is 8. The lowest BCUT2D eigenvalue weighted by molar-refractivity contribution is -0.128. The molecule has 0 radical (unpaired) electrons. The Morgan fingerprint density at radius 2 is 1.94 bits per heavy atom. The molecule has 1 saturated heterocycles. The van der Waals surface area contributed by atoms with Crippen molar-refractivity contribution < 1.29 is 28.6 Å². The lowest BCUT2D eigenvalue weighted by Gasteiger charge is -2.36. The van der Waals surface area contributed by atoms with E-state index in [0.29, 0.717) is 35.5 Å². The Morgan fingerprint density at radius 3 is 2.42 bits per heavy atom. The van der Waals surface area contributed by atoms with Gasteiger partial charge in [0, 0.05) is 42.7 Å². The van der Waals surface area contributed by atoms with Crippen molar-refractivity contribution in [1.82, 2.24) is 5.32 Å². The summed E-state index contributed by atoms with van der Waals surface area (Å²) in [4.78, 5) is 22.8. The molecule has 2 heterocycles. The highest BCUT2D eigenvalue weighted by molar-refractivity contribution is 9.10. The van der Waals surface area contributed by atoms with Crippen LogP contribution in [0.25, 0.3) is 11.0 Å². The summed E-state index contributed by atoms with van der Waals surface area (Å²) in [6, 6.07) is 3.98. The van der Waals surface area contributed by atoms with Crippen molar-refractivity contribution in [3.8, 4) is 0 Å². The van der Waals surface area contributed by atoms with Crippen molar-refractivity contribution in [2.75, 3.05) is 46.4 Å². The molecule has 2 N–H and O–H groups in total. The van der Waals surface area contributed by atoms with Gasteiger partial charge in [-0.25, -0.2) is 0 Å². The van der Waals surface area contributed by atoms with Crippen LogP contribution in [0.5, 0.6) is 0 Å². The van der Waals surface area contributed by atoms with E-state index in [9.17, 15) is 9.59 Å². The van der Waals surface area contributed by atoms with Gasteiger partial charge in [-0.05, 0) is 62.3 Å². The van der Waals surface area contributed by atoms with Crippen molar-refractivity contribution in [1.29, 1.82) is 0 Å². The fourth-order valence-electron chi connectivity index (χ4n) is 3.29. The average Bonchev–Trinajstić information content (AvgIpc) is 3.18. The van der Waals surface area contributed by atoms with Crippen LogP contribution in [0.2, 0.25) is 5.02 Å². The molecule has 2 aromatic rings. The first-order valence-corrected chi connectivity index (χ1v) is 11.8. The van der Waals surface area contributed by atoms with Crippen LogP contribution in [0.3, 0.4) is 0 Å². The number of aldehydes is 1. The van der Waals surface area contributed by atoms with E-state index in [-0.39, 0.29) is 6.10 Å². The Hall–Kier alpha value is -1.65. The van der Waals surface area contributed by atoms with Crippen LogP contribution < -0.4 is 10.2 Å². The van der Waals surface area contributed by atoms with E-state index in [1.165, 1.54) is 0 Å². The van der Waals surface area contributed by atoms with Gasteiger partial charge in [0.1, 0.15) is 5.58 Å². The normalized spacial score (nSPS) is 16.8. The van der Waals surface area contributed by atoms with E-state index >= 15 is 0 Å². The molecule has 1 fully saturated rings. The smallest absolute Gasteiger partial charge is 0.293 e. The third-order valence-electron chi connectivity index (χ3n) is 4.77. The highest BCUT2D eigenvalue weighted by atomic mass is 79.9. The number of aliphatic hydroxyl groups is 1. The van der Waals surface area contributed by atoms with Crippen LogP contribution >= 0.6 is 27.5 Å². The molecule has 2 atom stereocenters. The van der Waals surface area contributed by atoms with Crippen LogP contribution in [0, 0.1) is 0 Å². The van der Waals surface area contributed by atoms with Gasteiger partial charge in [-0.3, -0.25) is 9.59 Å². The Balaban J connectivity index is 0.000000877. The number of fused-ring (bicyclic) bond motifs is 1. The zero-order valence-corrected chi connectivity index (χ0v) is 22.5. The molecule has 33 heavy (non-hydrogen) atoms. The number of rotatable bonds is 6. The largest absolute Gasteiger partial charge is 0.468 e. The molecule has 0 bridgehead atoms. The number of carbonyl (C=O) groups is 2. The monoisotopic (exact) mass is 550 g/mol. The third kappa shape index (κ3) is 9.62. The molecule has 10 heteroatoms. The lowest BCUT2D eigenvalue weighted by atomic mass is 9.99. The molecule has 2 unspecified atom stereocenters. The molecule has 8 nitrogen and oxygen atoms in total. The quantitative estimate of drug-likeness (QED) is 0.499. The molecule has 0 aliphatic carbocycles. The Morgan fingerprint density at radius 1 is 1.30 bits per heavy atom. The Bertz CT molecular complexity index is 833. The number of nitrogens with zero attached hydrogens (tertiary/aromatic N) is 1. The second-order valence-electron chi connectivity index (χ2n) is 6.94. The lowest BCUT2D eigenvalue weighted by Crippen LogP contribution is -2.40. The van der Waals surface area contributed by atoms with Gasteiger partial charge >= 0.3 is 0 Å². The van der Waals surface area contributed by atoms with Crippen LogP contribution in [0.4, 0.5) is 5.69 Å². The van der Waals surface area contributed by atoms with Crippen LogP contribution in [-0.2, 0) is 14.3 Å². The van der Waals surface area contributed by atoms with E-state index in [1.807, 2.05) is 27.2 Å².